The molecule has 1 aliphatic heterocycles. The van der Waals surface area contributed by atoms with Crippen LogP contribution in [-0.4, -0.2) is 31.2 Å². The van der Waals surface area contributed by atoms with E-state index in [1.165, 1.54) is 6.07 Å². The topological polar surface area (TPSA) is 58.4 Å². The molecule has 1 saturated heterocycles. The Labute approximate surface area is 139 Å². The highest BCUT2D eigenvalue weighted by Crippen LogP contribution is 2.24. The van der Waals surface area contributed by atoms with Crippen molar-refractivity contribution in [1.82, 2.24) is 10.3 Å². The Bertz CT molecular complexity index is 897. The minimum Gasteiger partial charge on any atom is -0.454 e. The molecule has 1 fully saturated rings. The molecule has 0 amide bonds. The summed E-state index contributed by atoms with van der Waals surface area (Å²) >= 11 is 0. The molecule has 1 aliphatic rings. The third-order valence-corrected chi connectivity index (χ3v) is 4.33. The van der Waals surface area contributed by atoms with Crippen LogP contribution in [0.3, 0.4) is 0 Å². The zero-order chi connectivity index (χ0) is 16.4. The van der Waals surface area contributed by atoms with Gasteiger partial charge in [0.25, 0.3) is 0 Å². The van der Waals surface area contributed by atoms with E-state index >= 15 is 0 Å². The molecule has 24 heavy (non-hydrogen) atoms. The van der Waals surface area contributed by atoms with Crippen LogP contribution in [0.4, 0.5) is 5.69 Å². The minimum atomic E-state index is -0.0355. The van der Waals surface area contributed by atoms with Crippen LogP contribution >= 0.6 is 0 Å². The summed E-state index contributed by atoms with van der Waals surface area (Å²) in [5.74, 6) is 0.500. The van der Waals surface area contributed by atoms with E-state index in [0.29, 0.717) is 22.4 Å². The van der Waals surface area contributed by atoms with Crippen LogP contribution in [0.25, 0.3) is 22.4 Å². The van der Waals surface area contributed by atoms with Crippen molar-refractivity contribution in [2.45, 2.75) is 6.42 Å². The average Bonchev–Trinajstić information content (AvgIpc) is 2.91. The Morgan fingerprint density at radius 2 is 2.04 bits per heavy atom. The first kappa shape index (κ1) is 14.9. The number of pyridine rings is 1. The van der Waals surface area contributed by atoms with Gasteiger partial charge in [0.2, 0.25) is 0 Å². The third kappa shape index (κ3) is 2.90. The predicted molar refractivity (Wildman–Crippen MR) is 95.4 cm³/mol. The molecule has 0 radical (unpaired) electrons. The number of hydrogen-bond donors (Lipinski definition) is 1. The molecule has 0 bridgehead atoms. The van der Waals surface area contributed by atoms with Crippen molar-refractivity contribution in [2.75, 3.05) is 31.1 Å². The third-order valence-electron chi connectivity index (χ3n) is 4.33. The Kier molecular flexibility index (Phi) is 4.01. The van der Waals surface area contributed by atoms with Gasteiger partial charge in [0.15, 0.2) is 11.2 Å². The van der Waals surface area contributed by atoms with Crippen LogP contribution < -0.4 is 15.6 Å². The van der Waals surface area contributed by atoms with Gasteiger partial charge in [0, 0.05) is 37.6 Å². The summed E-state index contributed by atoms with van der Waals surface area (Å²) in [7, 11) is 0. The fraction of sp³-hybridized carbons (Fsp3) is 0.263. The minimum absolute atomic E-state index is 0.0355. The summed E-state index contributed by atoms with van der Waals surface area (Å²) in [6.45, 7) is 3.95. The van der Waals surface area contributed by atoms with Gasteiger partial charge in [0.1, 0.15) is 11.3 Å². The molecule has 3 heterocycles. The fourth-order valence-corrected chi connectivity index (χ4v) is 3.08. The van der Waals surface area contributed by atoms with Crippen molar-refractivity contribution < 1.29 is 4.42 Å². The molecule has 2 aromatic heterocycles. The quantitative estimate of drug-likeness (QED) is 0.786. The first-order chi connectivity index (χ1) is 11.8. The first-order valence-corrected chi connectivity index (χ1v) is 8.26. The SMILES string of the molecule is O=c1cc(-c2ccccn2)oc2ccc(N3CCCNCC3)cc12. The summed E-state index contributed by atoms with van der Waals surface area (Å²) in [6, 6.07) is 12.9. The molecule has 3 aromatic rings. The Morgan fingerprint density at radius 1 is 1.08 bits per heavy atom. The number of rotatable bonds is 2. The largest absolute Gasteiger partial charge is 0.454 e. The number of anilines is 1. The maximum atomic E-state index is 12.6. The highest BCUT2D eigenvalue weighted by molar-refractivity contribution is 5.82. The van der Waals surface area contributed by atoms with Crippen molar-refractivity contribution in [1.29, 1.82) is 0 Å². The van der Waals surface area contributed by atoms with E-state index in [9.17, 15) is 4.79 Å². The summed E-state index contributed by atoms with van der Waals surface area (Å²) in [5.41, 5.74) is 2.30. The fourth-order valence-electron chi connectivity index (χ4n) is 3.08. The van der Waals surface area contributed by atoms with Crippen LogP contribution in [0, 0.1) is 0 Å². The highest BCUT2D eigenvalue weighted by Gasteiger charge is 2.13. The predicted octanol–water partition coefficient (Wildman–Crippen LogP) is 2.65. The van der Waals surface area contributed by atoms with E-state index in [-0.39, 0.29) is 5.43 Å². The second-order valence-corrected chi connectivity index (χ2v) is 5.96. The van der Waals surface area contributed by atoms with Crippen molar-refractivity contribution >= 4 is 16.7 Å². The van der Waals surface area contributed by atoms with Gasteiger partial charge in [-0.3, -0.25) is 9.78 Å². The Balaban J connectivity index is 1.75. The number of benzene rings is 1. The molecule has 0 atom stereocenters. The monoisotopic (exact) mass is 321 g/mol. The van der Waals surface area contributed by atoms with Gasteiger partial charge in [-0.2, -0.15) is 0 Å². The van der Waals surface area contributed by atoms with Gasteiger partial charge < -0.3 is 14.6 Å². The zero-order valence-electron chi connectivity index (χ0n) is 13.4. The molecular formula is C19H19N3O2. The normalized spacial score (nSPS) is 15.4. The number of nitrogens with zero attached hydrogens (tertiary/aromatic N) is 2. The summed E-state index contributed by atoms with van der Waals surface area (Å²) < 4.78 is 5.90. The molecule has 5 nitrogen and oxygen atoms in total. The lowest BCUT2D eigenvalue weighted by Gasteiger charge is -2.22. The van der Waals surface area contributed by atoms with Gasteiger partial charge in [-0.05, 0) is 43.3 Å². The van der Waals surface area contributed by atoms with Crippen molar-refractivity contribution in [3.05, 3.63) is 58.9 Å². The van der Waals surface area contributed by atoms with Gasteiger partial charge in [0.05, 0.1) is 5.39 Å². The molecule has 1 N–H and O–H groups in total. The van der Waals surface area contributed by atoms with Crippen LogP contribution in [0.5, 0.6) is 0 Å². The van der Waals surface area contributed by atoms with E-state index < -0.39 is 0 Å². The molecule has 0 aliphatic carbocycles. The van der Waals surface area contributed by atoms with Crippen LogP contribution in [0.15, 0.2) is 57.9 Å². The number of fused-ring (bicyclic) bond motifs is 1. The smallest absolute Gasteiger partial charge is 0.193 e. The lowest BCUT2D eigenvalue weighted by molar-refractivity contribution is 0.616. The van der Waals surface area contributed by atoms with Crippen LogP contribution in [0.1, 0.15) is 6.42 Å². The standard InChI is InChI=1S/C19H19N3O2/c23-17-13-19(16-4-1-2-8-21-16)24-18-6-5-14(12-15(17)18)22-10-3-7-20-9-11-22/h1-2,4-6,8,12-13,20H,3,7,9-11H2. The van der Waals surface area contributed by atoms with E-state index in [4.69, 9.17) is 4.42 Å². The molecule has 1 aromatic carbocycles. The van der Waals surface area contributed by atoms with E-state index in [1.807, 2.05) is 36.4 Å². The highest BCUT2D eigenvalue weighted by atomic mass is 16.3. The maximum Gasteiger partial charge on any atom is 0.193 e. The van der Waals surface area contributed by atoms with E-state index in [1.54, 1.807) is 6.20 Å². The summed E-state index contributed by atoms with van der Waals surface area (Å²) in [6.07, 6.45) is 2.79. The second kappa shape index (κ2) is 6.45. The average molecular weight is 321 g/mol. The second-order valence-electron chi connectivity index (χ2n) is 5.96. The van der Waals surface area contributed by atoms with E-state index in [2.05, 4.69) is 15.2 Å². The summed E-state index contributed by atoms with van der Waals surface area (Å²) in [4.78, 5) is 19.1. The number of nitrogens with one attached hydrogen (secondary N) is 1. The van der Waals surface area contributed by atoms with Gasteiger partial charge in [-0.1, -0.05) is 6.07 Å². The van der Waals surface area contributed by atoms with Gasteiger partial charge >= 0.3 is 0 Å². The summed E-state index contributed by atoms with van der Waals surface area (Å²) in [5, 5.41) is 4.01. The van der Waals surface area contributed by atoms with Crippen molar-refractivity contribution in [3.63, 3.8) is 0 Å². The Morgan fingerprint density at radius 3 is 2.92 bits per heavy atom. The first-order valence-electron chi connectivity index (χ1n) is 8.26. The molecule has 0 spiro atoms. The molecule has 0 unspecified atom stereocenters. The lowest BCUT2D eigenvalue weighted by Crippen LogP contribution is -2.27. The van der Waals surface area contributed by atoms with E-state index in [0.717, 1.165) is 38.3 Å². The maximum absolute atomic E-state index is 12.6. The number of hydrogen-bond acceptors (Lipinski definition) is 5. The van der Waals surface area contributed by atoms with Gasteiger partial charge in [-0.15, -0.1) is 0 Å². The molecule has 4 rings (SSSR count). The van der Waals surface area contributed by atoms with Crippen molar-refractivity contribution in [2.24, 2.45) is 0 Å². The lowest BCUT2D eigenvalue weighted by atomic mass is 10.1. The number of aromatic nitrogens is 1. The van der Waals surface area contributed by atoms with Gasteiger partial charge in [-0.25, -0.2) is 0 Å². The van der Waals surface area contributed by atoms with Crippen LogP contribution in [0.2, 0.25) is 0 Å². The molecule has 122 valence electrons. The molecular weight excluding hydrogens is 302 g/mol. The molecule has 5 heteroatoms. The Hall–Kier alpha value is -2.66. The zero-order valence-corrected chi connectivity index (χ0v) is 13.4. The van der Waals surface area contributed by atoms with Crippen LogP contribution in [-0.2, 0) is 0 Å². The van der Waals surface area contributed by atoms with Crippen molar-refractivity contribution in [3.8, 4) is 11.5 Å². The molecule has 0 saturated carbocycles.